The summed E-state index contributed by atoms with van der Waals surface area (Å²) in [5, 5.41) is 6.50. The first-order valence-electron chi connectivity index (χ1n) is 7.44. The summed E-state index contributed by atoms with van der Waals surface area (Å²) in [7, 11) is 0. The Morgan fingerprint density at radius 3 is 2.70 bits per heavy atom. The molecule has 0 saturated carbocycles. The van der Waals surface area contributed by atoms with Crippen molar-refractivity contribution < 1.29 is 9.53 Å². The number of rotatable bonds is 7. The number of carbonyl (C=O) groups excluding carboxylic acids is 1. The lowest BCUT2D eigenvalue weighted by molar-refractivity contribution is 0.0946. The molecule has 1 heterocycles. The van der Waals surface area contributed by atoms with Gasteiger partial charge in [-0.25, -0.2) is 4.98 Å². The van der Waals surface area contributed by atoms with Gasteiger partial charge in [-0.2, -0.15) is 0 Å². The molecule has 0 radical (unpaired) electrons. The van der Waals surface area contributed by atoms with Crippen LogP contribution in [0.1, 0.15) is 24.2 Å². The van der Waals surface area contributed by atoms with Gasteiger partial charge in [0, 0.05) is 12.2 Å². The molecule has 0 aliphatic rings. The Balaban J connectivity index is 1.77. The minimum Gasteiger partial charge on any atom is -0.490 e. The Morgan fingerprint density at radius 2 is 2.04 bits per heavy atom. The normalized spacial score (nSPS) is 10.4. The minimum atomic E-state index is -0.184. The van der Waals surface area contributed by atoms with E-state index in [0.717, 1.165) is 5.82 Å². The Labute approximate surface area is 141 Å². The van der Waals surface area contributed by atoms with E-state index in [1.165, 1.54) is 0 Å². The van der Waals surface area contributed by atoms with Crippen molar-refractivity contribution in [2.75, 3.05) is 18.5 Å². The molecule has 2 aromatic rings. The van der Waals surface area contributed by atoms with Crippen molar-refractivity contribution in [2.24, 2.45) is 0 Å². The summed E-state index contributed by atoms with van der Waals surface area (Å²) in [5.74, 6) is 1.17. The van der Waals surface area contributed by atoms with Crippen LogP contribution < -0.4 is 15.4 Å². The quantitative estimate of drug-likeness (QED) is 0.763. The van der Waals surface area contributed by atoms with Gasteiger partial charge >= 0.3 is 0 Å². The van der Waals surface area contributed by atoms with Crippen LogP contribution in [0.25, 0.3) is 0 Å². The highest BCUT2D eigenvalue weighted by molar-refractivity contribution is 6.32. The van der Waals surface area contributed by atoms with Crippen molar-refractivity contribution in [1.82, 2.24) is 10.3 Å². The number of amides is 1. The fourth-order valence-electron chi connectivity index (χ4n) is 1.90. The van der Waals surface area contributed by atoms with Gasteiger partial charge in [-0.3, -0.25) is 4.79 Å². The van der Waals surface area contributed by atoms with Crippen molar-refractivity contribution >= 4 is 23.3 Å². The number of nitrogens with zero attached hydrogens (tertiary/aromatic N) is 1. The molecule has 0 spiro atoms. The van der Waals surface area contributed by atoms with Crippen LogP contribution in [0, 0.1) is 0 Å². The van der Waals surface area contributed by atoms with E-state index < -0.39 is 0 Å². The Bertz CT molecular complexity index is 645. The maximum atomic E-state index is 12.0. The van der Waals surface area contributed by atoms with E-state index in [-0.39, 0.29) is 5.91 Å². The molecular formula is C17H20ClN3O2. The summed E-state index contributed by atoms with van der Waals surface area (Å²) in [5.41, 5.74) is 0.511. The largest absolute Gasteiger partial charge is 0.490 e. The molecule has 1 aromatic heterocycles. The number of ether oxygens (including phenoxy) is 1. The van der Waals surface area contributed by atoms with E-state index in [1.54, 1.807) is 30.5 Å². The van der Waals surface area contributed by atoms with E-state index in [4.69, 9.17) is 16.3 Å². The fraction of sp³-hybridized carbons (Fsp3) is 0.294. The molecule has 0 fully saturated rings. The average molecular weight is 334 g/mol. The van der Waals surface area contributed by atoms with Gasteiger partial charge in [0.2, 0.25) is 0 Å². The predicted octanol–water partition coefficient (Wildman–Crippen LogP) is 3.36. The SMILES string of the molecule is CC(C)Nc1ccc(C(=O)NCCOc2ccccc2Cl)cn1. The van der Waals surface area contributed by atoms with Crippen molar-refractivity contribution in [1.29, 1.82) is 0 Å². The van der Waals surface area contributed by atoms with E-state index in [0.29, 0.717) is 35.5 Å². The number of pyridine rings is 1. The topological polar surface area (TPSA) is 63.2 Å². The highest BCUT2D eigenvalue weighted by atomic mass is 35.5. The number of aromatic nitrogens is 1. The number of hydrogen-bond donors (Lipinski definition) is 2. The van der Waals surface area contributed by atoms with Crippen molar-refractivity contribution in [3.05, 3.63) is 53.2 Å². The maximum Gasteiger partial charge on any atom is 0.252 e. The van der Waals surface area contributed by atoms with Crippen LogP contribution in [-0.2, 0) is 0 Å². The molecule has 23 heavy (non-hydrogen) atoms. The van der Waals surface area contributed by atoms with Crippen molar-refractivity contribution in [2.45, 2.75) is 19.9 Å². The summed E-state index contributed by atoms with van der Waals surface area (Å²) in [6.07, 6.45) is 1.55. The number of anilines is 1. The molecule has 1 aromatic carbocycles. The van der Waals surface area contributed by atoms with Crippen LogP contribution in [0.3, 0.4) is 0 Å². The van der Waals surface area contributed by atoms with Gasteiger partial charge in [0.15, 0.2) is 0 Å². The third-order valence-electron chi connectivity index (χ3n) is 2.94. The fourth-order valence-corrected chi connectivity index (χ4v) is 2.09. The highest BCUT2D eigenvalue weighted by Gasteiger charge is 2.06. The molecule has 122 valence electrons. The lowest BCUT2D eigenvalue weighted by atomic mass is 10.2. The minimum absolute atomic E-state index is 0.184. The Hall–Kier alpha value is -2.27. The first-order valence-corrected chi connectivity index (χ1v) is 7.82. The van der Waals surface area contributed by atoms with Gasteiger partial charge in [0.25, 0.3) is 5.91 Å². The molecule has 2 N–H and O–H groups in total. The maximum absolute atomic E-state index is 12.0. The van der Waals surface area contributed by atoms with Crippen LogP contribution in [0.4, 0.5) is 5.82 Å². The second kappa shape index (κ2) is 8.39. The Morgan fingerprint density at radius 1 is 1.26 bits per heavy atom. The van der Waals surface area contributed by atoms with E-state index in [1.807, 2.05) is 26.0 Å². The van der Waals surface area contributed by atoms with Crippen LogP contribution >= 0.6 is 11.6 Å². The molecule has 5 nitrogen and oxygen atoms in total. The molecule has 0 bridgehead atoms. The second-order valence-corrected chi connectivity index (χ2v) is 5.67. The molecule has 0 unspecified atom stereocenters. The second-order valence-electron chi connectivity index (χ2n) is 5.27. The predicted molar refractivity (Wildman–Crippen MR) is 92.3 cm³/mol. The van der Waals surface area contributed by atoms with Gasteiger partial charge in [-0.15, -0.1) is 0 Å². The first kappa shape index (κ1) is 17.1. The van der Waals surface area contributed by atoms with Gasteiger partial charge in [-0.05, 0) is 38.1 Å². The van der Waals surface area contributed by atoms with Crippen molar-refractivity contribution in [3.8, 4) is 5.75 Å². The smallest absolute Gasteiger partial charge is 0.252 e. The van der Waals surface area contributed by atoms with Gasteiger partial charge in [0.05, 0.1) is 17.1 Å². The number of para-hydroxylation sites is 1. The summed E-state index contributed by atoms with van der Waals surface area (Å²) < 4.78 is 5.51. The average Bonchev–Trinajstić information content (AvgIpc) is 2.53. The molecule has 6 heteroatoms. The molecule has 0 aliphatic carbocycles. The van der Waals surface area contributed by atoms with Crippen molar-refractivity contribution in [3.63, 3.8) is 0 Å². The highest BCUT2D eigenvalue weighted by Crippen LogP contribution is 2.22. The monoisotopic (exact) mass is 333 g/mol. The van der Waals surface area contributed by atoms with Gasteiger partial charge in [0.1, 0.15) is 18.2 Å². The third-order valence-corrected chi connectivity index (χ3v) is 3.26. The zero-order valence-electron chi connectivity index (χ0n) is 13.2. The Kier molecular flexibility index (Phi) is 6.23. The van der Waals surface area contributed by atoms with Crippen LogP contribution in [0.5, 0.6) is 5.75 Å². The summed E-state index contributed by atoms with van der Waals surface area (Å²) >= 11 is 5.99. The molecule has 0 saturated heterocycles. The van der Waals surface area contributed by atoms with E-state index in [9.17, 15) is 4.79 Å². The number of nitrogens with one attached hydrogen (secondary N) is 2. The zero-order valence-corrected chi connectivity index (χ0v) is 13.9. The molecule has 2 rings (SSSR count). The standard InChI is InChI=1S/C17H20ClN3O2/c1-12(2)21-16-8-7-13(11-20-16)17(22)19-9-10-23-15-6-4-3-5-14(15)18/h3-8,11-12H,9-10H2,1-2H3,(H,19,22)(H,20,21). The molecular weight excluding hydrogens is 314 g/mol. The summed E-state index contributed by atoms with van der Waals surface area (Å²) in [6, 6.07) is 11.0. The number of carbonyl (C=O) groups is 1. The molecule has 1 amide bonds. The molecule has 0 aliphatic heterocycles. The first-order chi connectivity index (χ1) is 11.1. The van der Waals surface area contributed by atoms with E-state index in [2.05, 4.69) is 15.6 Å². The lowest BCUT2D eigenvalue weighted by Gasteiger charge is -2.10. The molecule has 0 atom stereocenters. The van der Waals surface area contributed by atoms with Crippen LogP contribution in [0.2, 0.25) is 5.02 Å². The number of halogens is 1. The third kappa shape index (κ3) is 5.45. The zero-order chi connectivity index (χ0) is 16.7. The van der Waals surface area contributed by atoms with E-state index >= 15 is 0 Å². The van der Waals surface area contributed by atoms with Crippen LogP contribution in [0.15, 0.2) is 42.6 Å². The van der Waals surface area contributed by atoms with Gasteiger partial charge in [-0.1, -0.05) is 23.7 Å². The number of benzene rings is 1. The summed E-state index contributed by atoms with van der Waals surface area (Å²) in [6.45, 7) is 4.79. The number of hydrogen-bond acceptors (Lipinski definition) is 4. The summed E-state index contributed by atoms with van der Waals surface area (Å²) in [4.78, 5) is 16.2. The lowest BCUT2D eigenvalue weighted by Crippen LogP contribution is -2.28. The van der Waals surface area contributed by atoms with Crippen LogP contribution in [-0.4, -0.2) is 30.1 Å². The van der Waals surface area contributed by atoms with Gasteiger partial charge < -0.3 is 15.4 Å².